The van der Waals surface area contributed by atoms with Crippen LogP contribution in [0.1, 0.15) is 18.1 Å². The number of hydrogen-bond acceptors (Lipinski definition) is 5. The van der Waals surface area contributed by atoms with E-state index in [4.69, 9.17) is 16.3 Å². The lowest BCUT2D eigenvalue weighted by molar-refractivity contribution is -0.153. The molecule has 1 amide bonds. The lowest BCUT2D eigenvalue weighted by atomic mass is 10.2. The summed E-state index contributed by atoms with van der Waals surface area (Å²) in [5.41, 5.74) is 3.03. The SMILES string of the molecule is CCOC(=O)C(=O)N(CCN(C)C)c1ccc(Cl)cc1SCc1ccc(C)cc1. The average molecular weight is 435 g/mol. The molecule has 0 aliphatic carbocycles. The van der Waals surface area contributed by atoms with E-state index < -0.39 is 11.9 Å². The maximum Gasteiger partial charge on any atom is 0.397 e. The zero-order valence-electron chi connectivity index (χ0n) is 17.3. The zero-order valence-corrected chi connectivity index (χ0v) is 18.8. The summed E-state index contributed by atoms with van der Waals surface area (Å²) >= 11 is 7.81. The molecule has 0 atom stereocenters. The van der Waals surface area contributed by atoms with Crippen LogP contribution in [0.15, 0.2) is 47.4 Å². The van der Waals surface area contributed by atoms with Gasteiger partial charge < -0.3 is 14.5 Å². The Bertz CT molecular complexity index is 840. The number of thioether (sulfide) groups is 1. The molecule has 156 valence electrons. The van der Waals surface area contributed by atoms with Gasteiger partial charge in [-0.1, -0.05) is 41.4 Å². The number of amides is 1. The summed E-state index contributed by atoms with van der Waals surface area (Å²) in [6.45, 7) is 4.86. The summed E-state index contributed by atoms with van der Waals surface area (Å²) in [7, 11) is 3.84. The first-order valence-electron chi connectivity index (χ1n) is 9.43. The predicted molar refractivity (Wildman–Crippen MR) is 120 cm³/mol. The molecule has 0 aromatic heterocycles. The minimum atomic E-state index is -0.851. The maximum atomic E-state index is 12.8. The lowest BCUT2D eigenvalue weighted by Gasteiger charge is -2.25. The number of carbonyl (C=O) groups excluding carboxylic acids is 2. The van der Waals surface area contributed by atoms with Crippen LogP contribution in [0.3, 0.4) is 0 Å². The van der Waals surface area contributed by atoms with Crippen molar-refractivity contribution in [2.24, 2.45) is 0 Å². The van der Waals surface area contributed by atoms with Gasteiger partial charge in [0, 0.05) is 28.8 Å². The van der Waals surface area contributed by atoms with Gasteiger partial charge in [-0.15, -0.1) is 11.8 Å². The van der Waals surface area contributed by atoms with Gasteiger partial charge in [0.05, 0.1) is 12.3 Å². The number of benzene rings is 2. The molecule has 2 aromatic rings. The second kappa shape index (κ2) is 11.2. The van der Waals surface area contributed by atoms with Gasteiger partial charge in [0.2, 0.25) is 0 Å². The highest BCUT2D eigenvalue weighted by Gasteiger charge is 2.26. The average Bonchev–Trinajstić information content (AvgIpc) is 2.68. The van der Waals surface area contributed by atoms with Crippen molar-refractivity contribution in [2.75, 3.05) is 38.7 Å². The molecule has 0 heterocycles. The van der Waals surface area contributed by atoms with Crippen LogP contribution in [0, 0.1) is 6.92 Å². The summed E-state index contributed by atoms with van der Waals surface area (Å²) in [4.78, 5) is 29.2. The lowest BCUT2D eigenvalue weighted by Crippen LogP contribution is -2.41. The number of ether oxygens (including phenoxy) is 1. The molecule has 5 nitrogen and oxygen atoms in total. The number of carbonyl (C=O) groups is 2. The number of anilines is 1. The molecule has 0 bridgehead atoms. The van der Waals surface area contributed by atoms with Crippen LogP contribution < -0.4 is 4.90 Å². The third-order valence-electron chi connectivity index (χ3n) is 4.19. The Balaban J connectivity index is 2.31. The summed E-state index contributed by atoms with van der Waals surface area (Å²) in [6.07, 6.45) is 0. The van der Waals surface area contributed by atoms with Crippen molar-refractivity contribution in [2.45, 2.75) is 24.5 Å². The normalized spacial score (nSPS) is 10.8. The van der Waals surface area contributed by atoms with E-state index in [9.17, 15) is 9.59 Å². The number of aryl methyl sites for hydroxylation is 1. The van der Waals surface area contributed by atoms with Gasteiger partial charge in [0.15, 0.2) is 0 Å². The van der Waals surface area contributed by atoms with E-state index in [1.807, 2.05) is 25.1 Å². The molecule has 0 saturated heterocycles. The quantitative estimate of drug-likeness (QED) is 0.350. The van der Waals surface area contributed by atoms with Crippen molar-refractivity contribution in [3.63, 3.8) is 0 Å². The molecule has 0 unspecified atom stereocenters. The molecule has 0 fully saturated rings. The molecular formula is C22H27ClN2O3S. The minimum absolute atomic E-state index is 0.155. The van der Waals surface area contributed by atoms with E-state index >= 15 is 0 Å². The topological polar surface area (TPSA) is 49.9 Å². The number of rotatable bonds is 8. The molecule has 0 aliphatic rings. The number of nitrogens with zero attached hydrogens (tertiary/aromatic N) is 2. The Morgan fingerprint density at radius 3 is 2.38 bits per heavy atom. The van der Waals surface area contributed by atoms with Crippen LogP contribution in [0.5, 0.6) is 0 Å². The van der Waals surface area contributed by atoms with E-state index in [0.717, 1.165) is 10.6 Å². The number of hydrogen-bond donors (Lipinski definition) is 0. The van der Waals surface area contributed by atoms with Crippen molar-refractivity contribution < 1.29 is 14.3 Å². The van der Waals surface area contributed by atoms with E-state index in [1.54, 1.807) is 30.8 Å². The Kier molecular flexibility index (Phi) is 9.01. The first-order valence-corrected chi connectivity index (χ1v) is 10.8. The smallest absolute Gasteiger partial charge is 0.397 e. The van der Waals surface area contributed by atoms with Crippen LogP contribution in [-0.2, 0) is 20.1 Å². The van der Waals surface area contributed by atoms with Gasteiger partial charge in [0.25, 0.3) is 0 Å². The molecule has 2 rings (SSSR count). The Morgan fingerprint density at radius 1 is 1.07 bits per heavy atom. The molecule has 0 N–H and O–H groups in total. The predicted octanol–water partition coefficient (Wildman–Crippen LogP) is 4.40. The molecule has 0 spiro atoms. The highest BCUT2D eigenvalue weighted by molar-refractivity contribution is 7.98. The Labute approximate surface area is 182 Å². The fourth-order valence-corrected chi connectivity index (χ4v) is 3.89. The van der Waals surface area contributed by atoms with E-state index in [0.29, 0.717) is 23.8 Å². The van der Waals surface area contributed by atoms with E-state index in [2.05, 4.69) is 31.2 Å². The molecule has 0 saturated carbocycles. The van der Waals surface area contributed by atoms with Gasteiger partial charge in [-0.25, -0.2) is 4.79 Å². The molecule has 29 heavy (non-hydrogen) atoms. The van der Waals surface area contributed by atoms with E-state index in [1.165, 1.54) is 16.0 Å². The monoisotopic (exact) mass is 434 g/mol. The summed E-state index contributed by atoms with van der Waals surface area (Å²) in [5, 5.41) is 0.580. The number of esters is 1. The van der Waals surface area contributed by atoms with Gasteiger partial charge in [-0.2, -0.15) is 0 Å². The third kappa shape index (κ3) is 7.07. The molecule has 0 aliphatic heterocycles. The van der Waals surface area contributed by atoms with Gasteiger partial charge in [-0.05, 0) is 51.7 Å². The first-order chi connectivity index (χ1) is 13.8. The zero-order chi connectivity index (χ0) is 21.4. The minimum Gasteiger partial charge on any atom is -0.459 e. The Morgan fingerprint density at radius 2 is 1.76 bits per heavy atom. The molecular weight excluding hydrogens is 408 g/mol. The fraction of sp³-hybridized carbons (Fsp3) is 0.364. The highest BCUT2D eigenvalue weighted by atomic mass is 35.5. The molecule has 7 heteroatoms. The van der Waals surface area contributed by atoms with Crippen molar-refractivity contribution in [1.29, 1.82) is 0 Å². The maximum absolute atomic E-state index is 12.8. The standard InChI is InChI=1S/C22H27ClN2O3S/c1-5-28-22(27)21(26)25(13-12-24(3)4)19-11-10-18(23)14-20(19)29-15-17-8-6-16(2)7-9-17/h6-11,14H,5,12-13,15H2,1-4H3. The van der Waals surface area contributed by atoms with Gasteiger partial charge in [-0.3, -0.25) is 4.79 Å². The summed E-state index contributed by atoms with van der Waals surface area (Å²) in [6, 6.07) is 13.7. The molecule has 2 aromatic carbocycles. The molecule has 0 radical (unpaired) electrons. The fourth-order valence-electron chi connectivity index (χ4n) is 2.61. The second-order valence-corrected chi connectivity index (χ2v) is 8.32. The number of halogens is 1. The largest absolute Gasteiger partial charge is 0.459 e. The van der Waals surface area contributed by atoms with Gasteiger partial charge >= 0.3 is 11.9 Å². The van der Waals surface area contributed by atoms with Crippen molar-refractivity contribution >= 4 is 40.9 Å². The second-order valence-electron chi connectivity index (χ2n) is 6.87. The van der Waals surface area contributed by atoms with Crippen LogP contribution in [0.4, 0.5) is 5.69 Å². The van der Waals surface area contributed by atoms with Crippen LogP contribution >= 0.6 is 23.4 Å². The third-order valence-corrected chi connectivity index (χ3v) is 5.54. The summed E-state index contributed by atoms with van der Waals surface area (Å²) < 4.78 is 4.94. The van der Waals surface area contributed by atoms with Crippen LogP contribution in [0.2, 0.25) is 5.02 Å². The van der Waals surface area contributed by atoms with Crippen molar-refractivity contribution in [3.8, 4) is 0 Å². The first kappa shape index (κ1) is 23.3. The van der Waals surface area contributed by atoms with Crippen LogP contribution in [-0.4, -0.2) is 50.6 Å². The number of likely N-dealkylation sites (N-methyl/N-ethyl adjacent to an activating group) is 1. The van der Waals surface area contributed by atoms with Crippen molar-refractivity contribution in [1.82, 2.24) is 4.90 Å². The van der Waals surface area contributed by atoms with E-state index in [-0.39, 0.29) is 6.61 Å². The van der Waals surface area contributed by atoms with Crippen LogP contribution in [0.25, 0.3) is 0 Å². The van der Waals surface area contributed by atoms with Crippen molar-refractivity contribution in [3.05, 3.63) is 58.6 Å². The summed E-state index contributed by atoms with van der Waals surface area (Å²) in [5.74, 6) is -0.799. The highest BCUT2D eigenvalue weighted by Crippen LogP contribution is 2.35. The van der Waals surface area contributed by atoms with Gasteiger partial charge in [0.1, 0.15) is 0 Å². The Hall–Kier alpha value is -2.02.